The van der Waals surface area contributed by atoms with Crippen molar-refractivity contribution >= 4 is 22.9 Å². The molecule has 4 rings (SSSR count). The molecule has 1 N–H and O–H groups in total. The fraction of sp³-hybridized carbons (Fsp3) is 0.364. The number of halogens is 1. The lowest BCUT2D eigenvalue weighted by Gasteiger charge is -2.31. The molecule has 0 radical (unpaired) electrons. The van der Waals surface area contributed by atoms with E-state index in [9.17, 15) is 9.18 Å². The summed E-state index contributed by atoms with van der Waals surface area (Å²) in [5.41, 5.74) is 4.92. The Bertz CT molecular complexity index is 957. The topological polar surface area (TPSA) is 54.5 Å². The molecule has 1 atom stereocenters. The molecule has 1 aromatic heterocycles. The second-order valence-corrected chi connectivity index (χ2v) is 8.06. The second-order valence-electron chi connectivity index (χ2n) is 7.17. The average Bonchev–Trinajstić information content (AvgIpc) is 3.42. The minimum absolute atomic E-state index is 0.137. The summed E-state index contributed by atoms with van der Waals surface area (Å²) in [4.78, 5) is 24.3. The summed E-state index contributed by atoms with van der Waals surface area (Å²) < 4.78 is 14.0. The van der Waals surface area contributed by atoms with Crippen LogP contribution in [0.4, 0.5) is 4.39 Å². The number of hydrogen-bond acceptors (Lipinski definition) is 5. The minimum atomic E-state index is -0.478. The standard InChI is InChI=1S/C22H22FN3O2S/c1-2-3-8-21(27)26-11-9-15(10-12-26)22-24-19(14-29-22)18-13-20(28-25-18)16-6-4-5-7-17(16)23/h1,4-7,13-15,20,25H,3,8-12H2. The average molecular weight is 412 g/mol. The summed E-state index contributed by atoms with van der Waals surface area (Å²) >= 11 is 1.62. The van der Waals surface area contributed by atoms with Crippen molar-refractivity contribution in [2.75, 3.05) is 13.1 Å². The molecule has 5 nitrogen and oxygen atoms in total. The van der Waals surface area contributed by atoms with E-state index in [0.717, 1.165) is 42.3 Å². The number of terminal acetylenes is 1. The first-order valence-electron chi connectivity index (χ1n) is 9.70. The molecule has 0 aliphatic carbocycles. The molecule has 3 heterocycles. The highest BCUT2D eigenvalue weighted by Gasteiger charge is 2.27. The smallest absolute Gasteiger partial charge is 0.223 e. The highest BCUT2D eigenvalue weighted by atomic mass is 32.1. The van der Waals surface area contributed by atoms with Crippen LogP contribution in [-0.4, -0.2) is 28.9 Å². The third-order valence-electron chi connectivity index (χ3n) is 5.30. The Kier molecular flexibility index (Phi) is 5.93. The Morgan fingerprint density at radius 3 is 2.93 bits per heavy atom. The molecule has 2 aliphatic rings. The van der Waals surface area contributed by atoms with Crippen LogP contribution in [-0.2, 0) is 9.63 Å². The zero-order valence-corrected chi connectivity index (χ0v) is 16.8. The SMILES string of the molecule is C#CCCC(=O)N1CCC(c2nc(C3=CC(c4ccccc4F)ON3)cs2)CC1. The maximum Gasteiger partial charge on any atom is 0.223 e. The number of thiazole rings is 1. The maximum atomic E-state index is 14.0. The number of hydroxylamine groups is 1. The van der Waals surface area contributed by atoms with Gasteiger partial charge in [0.2, 0.25) is 5.91 Å². The van der Waals surface area contributed by atoms with Crippen LogP contribution >= 0.6 is 11.3 Å². The molecule has 0 saturated carbocycles. The quantitative estimate of drug-likeness (QED) is 0.755. The first-order chi connectivity index (χ1) is 14.2. The van der Waals surface area contributed by atoms with Crippen LogP contribution in [0.3, 0.4) is 0 Å². The van der Waals surface area contributed by atoms with E-state index in [2.05, 4.69) is 11.4 Å². The fourth-order valence-electron chi connectivity index (χ4n) is 3.66. The number of nitrogens with zero attached hydrogens (tertiary/aromatic N) is 2. The number of benzene rings is 1. The van der Waals surface area contributed by atoms with Crippen molar-refractivity contribution in [2.24, 2.45) is 0 Å². The summed E-state index contributed by atoms with van der Waals surface area (Å²) in [6, 6.07) is 6.59. The Balaban J connectivity index is 1.38. The van der Waals surface area contributed by atoms with E-state index in [1.54, 1.807) is 29.5 Å². The lowest BCUT2D eigenvalue weighted by atomic mass is 9.97. The lowest BCUT2D eigenvalue weighted by molar-refractivity contribution is -0.132. The zero-order chi connectivity index (χ0) is 20.2. The molecule has 0 bridgehead atoms. The molecule has 1 fully saturated rings. The summed E-state index contributed by atoms with van der Waals surface area (Å²) in [5, 5.41) is 3.05. The van der Waals surface area contributed by atoms with E-state index in [-0.39, 0.29) is 11.7 Å². The molecule has 1 saturated heterocycles. The summed E-state index contributed by atoms with van der Waals surface area (Å²) in [7, 11) is 0. The molecular formula is C22H22FN3O2S. The van der Waals surface area contributed by atoms with Gasteiger partial charge in [-0.05, 0) is 25.0 Å². The van der Waals surface area contributed by atoms with Crippen molar-refractivity contribution in [1.82, 2.24) is 15.4 Å². The van der Waals surface area contributed by atoms with Gasteiger partial charge >= 0.3 is 0 Å². The van der Waals surface area contributed by atoms with Crippen LogP contribution in [0.25, 0.3) is 5.70 Å². The van der Waals surface area contributed by atoms with Gasteiger partial charge in [0.25, 0.3) is 0 Å². The van der Waals surface area contributed by atoms with Crippen LogP contribution in [0.5, 0.6) is 0 Å². The first kappa shape index (κ1) is 19.6. The van der Waals surface area contributed by atoms with Crippen molar-refractivity contribution in [3.63, 3.8) is 0 Å². The molecule has 29 heavy (non-hydrogen) atoms. The minimum Gasteiger partial charge on any atom is -0.343 e. The Morgan fingerprint density at radius 2 is 2.17 bits per heavy atom. The van der Waals surface area contributed by atoms with Gasteiger partial charge in [0.05, 0.1) is 16.4 Å². The normalized spacial score (nSPS) is 19.5. The molecule has 1 amide bonds. The highest BCUT2D eigenvalue weighted by Crippen LogP contribution is 2.34. The van der Waals surface area contributed by atoms with E-state index in [1.165, 1.54) is 6.07 Å². The summed E-state index contributed by atoms with van der Waals surface area (Å²) in [5.74, 6) is 2.71. The number of piperidine rings is 1. The second kappa shape index (κ2) is 8.76. The number of nitrogens with one attached hydrogen (secondary N) is 1. The van der Waals surface area contributed by atoms with Crippen LogP contribution in [0.15, 0.2) is 35.7 Å². The van der Waals surface area contributed by atoms with Gasteiger partial charge in [-0.1, -0.05) is 18.2 Å². The monoisotopic (exact) mass is 411 g/mol. The van der Waals surface area contributed by atoms with Crippen molar-refractivity contribution in [3.8, 4) is 12.3 Å². The molecule has 7 heteroatoms. The van der Waals surface area contributed by atoms with E-state index in [1.807, 2.05) is 16.4 Å². The van der Waals surface area contributed by atoms with Gasteiger partial charge in [0.1, 0.15) is 11.9 Å². The summed E-state index contributed by atoms with van der Waals surface area (Å²) in [6.45, 7) is 1.48. The van der Waals surface area contributed by atoms with E-state index in [0.29, 0.717) is 24.3 Å². The number of aromatic nitrogens is 1. The molecular weight excluding hydrogens is 389 g/mol. The molecule has 2 aliphatic heterocycles. The molecule has 1 aromatic carbocycles. The van der Waals surface area contributed by atoms with E-state index in [4.69, 9.17) is 16.2 Å². The number of carbonyl (C=O) groups excluding carboxylic acids is 1. The number of amides is 1. The fourth-order valence-corrected chi connectivity index (χ4v) is 4.65. The molecule has 1 unspecified atom stereocenters. The van der Waals surface area contributed by atoms with Gasteiger partial charge in [-0.2, -0.15) is 0 Å². The Hall–Kier alpha value is -2.69. The molecule has 0 spiro atoms. The van der Waals surface area contributed by atoms with Crippen LogP contribution < -0.4 is 5.48 Å². The summed E-state index contributed by atoms with van der Waals surface area (Å²) in [6.07, 6.45) is 9.33. The first-order valence-corrected chi connectivity index (χ1v) is 10.6. The zero-order valence-electron chi connectivity index (χ0n) is 15.9. The van der Waals surface area contributed by atoms with Crippen LogP contribution in [0.2, 0.25) is 0 Å². The third-order valence-corrected chi connectivity index (χ3v) is 6.31. The Morgan fingerprint density at radius 1 is 1.38 bits per heavy atom. The molecule has 150 valence electrons. The number of rotatable bonds is 5. The van der Waals surface area contributed by atoms with Crippen molar-refractivity contribution in [3.05, 3.63) is 57.8 Å². The molecule has 2 aromatic rings. The van der Waals surface area contributed by atoms with Crippen molar-refractivity contribution in [1.29, 1.82) is 0 Å². The highest BCUT2D eigenvalue weighted by molar-refractivity contribution is 7.09. The number of likely N-dealkylation sites (tertiary alicyclic amines) is 1. The number of hydrogen-bond donors (Lipinski definition) is 1. The van der Waals surface area contributed by atoms with Gasteiger partial charge in [0, 0.05) is 42.8 Å². The van der Waals surface area contributed by atoms with Gasteiger partial charge in [0.15, 0.2) is 0 Å². The van der Waals surface area contributed by atoms with E-state index >= 15 is 0 Å². The maximum absolute atomic E-state index is 14.0. The van der Waals surface area contributed by atoms with Gasteiger partial charge in [-0.3, -0.25) is 15.1 Å². The predicted molar refractivity (Wildman–Crippen MR) is 110 cm³/mol. The van der Waals surface area contributed by atoms with Gasteiger partial charge < -0.3 is 4.90 Å². The lowest BCUT2D eigenvalue weighted by Crippen LogP contribution is -2.37. The predicted octanol–water partition coefficient (Wildman–Crippen LogP) is 4.02. The van der Waals surface area contributed by atoms with Crippen LogP contribution in [0.1, 0.15) is 54.0 Å². The number of carbonyl (C=O) groups is 1. The largest absolute Gasteiger partial charge is 0.343 e. The van der Waals surface area contributed by atoms with Crippen molar-refractivity contribution in [2.45, 2.75) is 37.7 Å². The third kappa shape index (κ3) is 4.34. The van der Waals surface area contributed by atoms with Crippen LogP contribution in [0, 0.1) is 18.2 Å². The van der Waals surface area contributed by atoms with Gasteiger partial charge in [-0.15, -0.1) is 23.7 Å². The van der Waals surface area contributed by atoms with Gasteiger partial charge in [-0.25, -0.2) is 9.37 Å². The Labute approximate surface area is 173 Å². The van der Waals surface area contributed by atoms with E-state index < -0.39 is 6.10 Å². The van der Waals surface area contributed by atoms with Crippen molar-refractivity contribution < 1.29 is 14.0 Å².